The minimum absolute atomic E-state index is 0.0163. The van der Waals surface area contributed by atoms with Crippen molar-refractivity contribution in [1.29, 1.82) is 0 Å². The highest BCUT2D eigenvalue weighted by Crippen LogP contribution is 2.35. The van der Waals surface area contributed by atoms with Crippen LogP contribution >= 0.6 is 0 Å². The average molecular weight is 294 g/mol. The fourth-order valence-corrected chi connectivity index (χ4v) is 1.90. The highest BCUT2D eigenvalue weighted by atomic mass is 19.3. The summed E-state index contributed by atoms with van der Waals surface area (Å²) in [5.41, 5.74) is -1.41. The van der Waals surface area contributed by atoms with Crippen LogP contribution in [0.2, 0.25) is 0 Å². The first-order valence-electron chi connectivity index (χ1n) is 6.00. The molecular formula is C13H14F4O3. The van der Waals surface area contributed by atoms with E-state index >= 15 is 0 Å². The Labute approximate surface area is 113 Å². The van der Waals surface area contributed by atoms with E-state index in [9.17, 15) is 17.6 Å². The summed E-state index contributed by atoms with van der Waals surface area (Å²) in [7, 11) is 0.668. The molecule has 1 saturated heterocycles. The molecule has 0 radical (unpaired) electrons. The van der Waals surface area contributed by atoms with Gasteiger partial charge in [0.25, 0.3) is 0 Å². The molecule has 0 spiro atoms. The smallest absolute Gasteiger partial charge is 0.348 e. The molecule has 0 aromatic heterocycles. The second-order valence-corrected chi connectivity index (χ2v) is 4.68. The zero-order valence-corrected chi connectivity index (χ0v) is 11.0. The van der Waals surface area contributed by atoms with E-state index in [2.05, 4.69) is 4.74 Å². The Morgan fingerprint density at radius 1 is 1.15 bits per heavy atom. The average Bonchev–Trinajstić information content (AvgIpc) is 2.38. The van der Waals surface area contributed by atoms with Gasteiger partial charge in [0.05, 0.1) is 13.2 Å². The number of hydrogen-bond donors (Lipinski definition) is 0. The molecule has 0 aliphatic carbocycles. The van der Waals surface area contributed by atoms with Crippen molar-refractivity contribution < 1.29 is 31.8 Å². The van der Waals surface area contributed by atoms with Crippen molar-refractivity contribution in [3.63, 3.8) is 0 Å². The maximum Gasteiger partial charge on any atom is 0.388 e. The molecule has 2 rings (SSSR count). The van der Waals surface area contributed by atoms with Crippen LogP contribution in [0, 0.1) is 17.6 Å². The van der Waals surface area contributed by atoms with E-state index in [4.69, 9.17) is 9.47 Å². The van der Waals surface area contributed by atoms with Crippen LogP contribution in [-0.4, -0.2) is 20.3 Å². The van der Waals surface area contributed by atoms with E-state index in [1.54, 1.807) is 0 Å². The molecule has 0 unspecified atom stereocenters. The normalized spacial score (nSPS) is 23.9. The first-order chi connectivity index (χ1) is 9.35. The van der Waals surface area contributed by atoms with Crippen molar-refractivity contribution in [1.82, 2.24) is 0 Å². The number of benzene rings is 1. The minimum Gasteiger partial charge on any atom is -0.348 e. The summed E-state index contributed by atoms with van der Waals surface area (Å²) in [5.74, 6) is -2.65. The first kappa shape index (κ1) is 15.2. The van der Waals surface area contributed by atoms with Gasteiger partial charge in [-0.3, -0.25) is 0 Å². The Morgan fingerprint density at radius 2 is 1.65 bits per heavy atom. The Hall–Kier alpha value is -1.18. The lowest BCUT2D eigenvalue weighted by molar-refractivity contribution is -0.235. The van der Waals surface area contributed by atoms with E-state index in [0.717, 1.165) is 12.1 Å². The van der Waals surface area contributed by atoms with Crippen LogP contribution in [-0.2, 0) is 20.3 Å². The van der Waals surface area contributed by atoms with Crippen LogP contribution in [0.15, 0.2) is 12.1 Å². The molecular weight excluding hydrogens is 280 g/mol. The van der Waals surface area contributed by atoms with Gasteiger partial charge in [-0.05, 0) is 12.1 Å². The van der Waals surface area contributed by atoms with Gasteiger partial charge in [-0.25, -0.2) is 8.78 Å². The summed E-state index contributed by atoms with van der Waals surface area (Å²) >= 11 is 0. The van der Waals surface area contributed by atoms with Crippen molar-refractivity contribution in [3.8, 4) is 0 Å². The van der Waals surface area contributed by atoms with Crippen LogP contribution in [0.3, 0.4) is 0 Å². The number of ether oxygens (including phenoxy) is 3. The summed E-state index contributed by atoms with van der Waals surface area (Å²) in [6, 6.07) is 1.54. The fourth-order valence-electron chi connectivity index (χ4n) is 1.90. The maximum atomic E-state index is 13.7. The number of rotatable bonds is 3. The van der Waals surface area contributed by atoms with Crippen LogP contribution in [0.5, 0.6) is 0 Å². The Morgan fingerprint density at radius 3 is 2.10 bits per heavy atom. The van der Waals surface area contributed by atoms with Crippen molar-refractivity contribution in [2.45, 2.75) is 19.3 Å². The summed E-state index contributed by atoms with van der Waals surface area (Å²) in [4.78, 5) is 0. The zero-order chi connectivity index (χ0) is 14.9. The summed E-state index contributed by atoms with van der Waals surface area (Å²) in [6.45, 7) is 2.62. The summed E-state index contributed by atoms with van der Waals surface area (Å²) in [5, 5.41) is 0. The predicted molar refractivity (Wildman–Crippen MR) is 61.1 cm³/mol. The van der Waals surface area contributed by atoms with Gasteiger partial charge in [-0.1, -0.05) is 6.92 Å². The van der Waals surface area contributed by atoms with Crippen molar-refractivity contribution in [3.05, 3.63) is 34.9 Å². The predicted octanol–water partition coefficient (Wildman–Crippen LogP) is 3.34. The largest absolute Gasteiger partial charge is 0.388 e. The molecule has 0 amide bonds. The van der Waals surface area contributed by atoms with Crippen molar-refractivity contribution in [2.24, 2.45) is 5.92 Å². The van der Waals surface area contributed by atoms with Crippen LogP contribution in [0.25, 0.3) is 0 Å². The third-order valence-electron chi connectivity index (χ3n) is 2.95. The number of alkyl halides is 2. The molecule has 112 valence electrons. The molecule has 20 heavy (non-hydrogen) atoms. The van der Waals surface area contributed by atoms with E-state index < -0.39 is 29.6 Å². The molecule has 1 aliphatic heterocycles. The van der Waals surface area contributed by atoms with Crippen molar-refractivity contribution >= 4 is 0 Å². The fraction of sp³-hybridized carbons (Fsp3) is 0.538. The highest BCUT2D eigenvalue weighted by molar-refractivity contribution is 5.29. The summed E-state index contributed by atoms with van der Waals surface area (Å²) < 4.78 is 68.3. The molecule has 0 atom stereocenters. The first-order valence-corrected chi connectivity index (χ1v) is 6.00. The molecule has 1 fully saturated rings. The quantitative estimate of drug-likeness (QED) is 0.800. The van der Waals surface area contributed by atoms with Crippen molar-refractivity contribution in [2.75, 3.05) is 20.3 Å². The van der Waals surface area contributed by atoms with Crippen LogP contribution in [0.4, 0.5) is 17.6 Å². The van der Waals surface area contributed by atoms with Gasteiger partial charge in [-0.2, -0.15) is 8.78 Å². The molecule has 1 aromatic carbocycles. The molecule has 0 bridgehead atoms. The van der Waals surface area contributed by atoms with Gasteiger partial charge in [0.1, 0.15) is 17.2 Å². The van der Waals surface area contributed by atoms with Gasteiger partial charge in [0.2, 0.25) is 0 Å². The standard InChI is InChI=1S/C13H14F4O3/c1-7-5-19-12(20-6-7)8-3-9(14)11(10(15)4-8)13(16,17)18-2/h3-4,7,12H,5-6H2,1-2H3. The number of halogens is 4. The van der Waals surface area contributed by atoms with Gasteiger partial charge < -0.3 is 14.2 Å². The van der Waals surface area contributed by atoms with E-state index in [-0.39, 0.29) is 11.5 Å². The molecule has 0 N–H and O–H groups in total. The zero-order valence-electron chi connectivity index (χ0n) is 11.0. The molecule has 1 heterocycles. The van der Waals surface area contributed by atoms with Gasteiger partial charge >= 0.3 is 6.11 Å². The maximum absolute atomic E-state index is 13.7. The van der Waals surface area contributed by atoms with Crippen LogP contribution in [0.1, 0.15) is 24.3 Å². The molecule has 0 saturated carbocycles. The van der Waals surface area contributed by atoms with E-state index in [1.165, 1.54) is 0 Å². The topological polar surface area (TPSA) is 27.7 Å². The molecule has 7 heteroatoms. The monoisotopic (exact) mass is 294 g/mol. The molecule has 1 aromatic rings. The summed E-state index contributed by atoms with van der Waals surface area (Å²) in [6.07, 6.45) is -4.99. The second-order valence-electron chi connectivity index (χ2n) is 4.68. The molecule has 3 nitrogen and oxygen atoms in total. The lowest BCUT2D eigenvalue weighted by Crippen LogP contribution is -2.26. The van der Waals surface area contributed by atoms with E-state index in [1.807, 2.05) is 6.92 Å². The second kappa shape index (κ2) is 5.67. The Kier molecular flexibility index (Phi) is 4.31. The van der Waals surface area contributed by atoms with Crippen LogP contribution < -0.4 is 0 Å². The van der Waals surface area contributed by atoms with Gasteiger partial charge in [0.15, 0.2) is 6.29 Å². The Balaban J connectivity index is 2.31. The minimum atomic E-state index is -4.03. The van der Waals surface area contributed by atoms with Gasteiger partial charge in [0, 0.05) is 18.6 Å². The van der Waals surface area contributed by atoms with E-state index in [0.29, 0.717) is 20.3 Å². The number of methoxy groups -OCH3 is 1. The lowest BCUT2D eigenvalue weighted by atomic mass is 10.1. The third kappa shape index (κ3) is 2.94. The van der Waals surface area contributed by atoms with Gasteiger partial charge in [-0.15, -0.1) is 0 Å². The SMILES string of the molecule is COC(F)(F)c1c(F)cc(C2OCC(C)CO2)cc1F. The number of hydrogen-bond acceptors (Lipinski definition) is 3. The molecule has 1 aliphatic rings. The third-order valence-corrected chi connectivity index (χ3v) is 2.95. The lowest BCUT2D eigenvalue weighted by Gasteiger charge is -2.28. The Bertz CT molecular complexity index is 461. The highest BCUT2D eigenvalue weighted by Gasteiger charge is 2.39.